The Morgan fingerprint density at radius 1 is 1.23 bits per heavy atom. The van der Waals surface area contributed by atoms with Crippen LogP contribution in [0.25, 0.3) is 0 Å². The molecule has 1 saturated heterocycles. The molecule has 0 unspecified atom stereocenters. The van der Waals surface area contributed by atoms with Crippen LogP contribution in [-0.2, 0) is 4.74 Å². The minimum Gasteiger partial charge on any atom is -0.444 e. The average molecular weight is 304 g/mol. The van der Waals surface area contributed by atoms with Gasteiger partial charge in [-0.3, -0.25) is 0 Å². The fourth-order valence-corrected chi connectivity index (χ4v) is 3.11. The van der Waals surface area contributed by atoms with Crippen molar-refractivity contribution in [3.8, 4) is 0 Å². The van der Waals surface area contributed by atoms with Gasteiger partial charge in [0, 0.05) is 25.0 Å². The van der Waals surface area contributed by atoms with Gasteiger partial charge in [-0.1, -0.05) is 29.3 Å². The van der Waals surface area contributed by atoms with E-state index in [1.165, 1.54) is 16.7 Å². The molecule has 22 heavy (non-hydrogen) atoms. The van der Waals surface area contributed by atoms with Gasteiger partial charge >= 0.3 is 6.09 Å². The topological polar surface area (TPSA) is 55.6 Å². The summed E-state index contributed by atoms with van der Waals surface area (Å²) >= 11 is 0. The van der Waals surface area contributed by atoms with Crippen LogP contribution in [0.5, 0.6) is 0 Å². The first-order chi connectivity index (χ1) is 10.2. The Morgan fingerprint density at radius 3 is 2.32 bits per heavy atom. The first kappa shape index (κ1) is 16.8. The van der Waals surface area contributed by atoms with Crippen molar-refractivity contribution < 1.29 is 9.53 Å². The summed E-state index contributed by atoms with van der Waals surface area (Å²) in [6.45, 7) is 11.1. The number of piperidine rings is 1. The molecule has 0 saturated carbocycles. The summed E-state index contributed by atoms with van der Waals surface area (Å²) < 4.78 is 5.44. The van der Waals surface area contributed by atoms with Crippen LogP contribution in [-0.4, -0.2) is 35.7 Å². The molecule has 1 aliphatic heterocycles. The Hall–Kier alpha value is -1.55. The number of hydrogen-bond acceptors (Lipinski definition) is 3. The number of rotatable bonds is 1. The van der Waals surface area contributed by atoms with Crippen LogP contribution >= 0.6 is 0 Å². The summed E-state index contributed by atoms with van der Waals surface area (Å²) in [6.07, 6.45) is 0.616. The van der Waals surface area contributed by atoms with Crippen LogP contribution in [0.3, 0.4) is 0 Å². The fourth-order valence-electron chi connectivity index (χ4n) is 3.11. The molecule has 1 heterocycles. The van der Waals surface area contributed by atoms with Crippen molar-refractivity contribution in [2.75, 3.05) is 13.1 Å². The Balaban J connectivity index is 2.05. The highest BCUT2D eigenvalue weighted by Gasteiger charge is 2.32. The molecule has 0 aromatic heterocycles. The highest BCUT2D eigenvalue weighted by Crippen LogP contribution is 2.29. The molecule has 0 spiro atoms. The highest BCUT2D eigenvalue weighted by atomic mass is 16.6. The van der Waals surface area contributed by atoms with E-state index in [0.717, 1.165) is 6.42 Å². The molecule has 1 aromatic rings. The van der Waals surface area contributed by atoms with E-state index >= 15 is 0 Å². The summed E-state index contributed by atoms with van der Waals surface area (Å²) in [5, 5.41) is 0. The fraction of sp³-hybridized carbons (Fsp3) is 0.611. The van der Waals surface area contributed by atoms with Gasteiger partial charge in [0.05, 0.1) is 0 Å². The van der Waals surface area contributed by atoms with E-state index in [0.29, 0.717) is 19.0 Å². The number of ether oxygens (including phenoxy) is 1. The SMILES string of the molecule is Cc1cc(C)cc([C@@H]2CCN(C(=O)OC(C)(C)C)C[C@H]2N)c1. The number of nitrogens with two attached hydrogens (primary N) is 1. The maximum atomic E-state index is 12.2. The van der Waals surface area contributed by atoms with E-state index in [4.69, 9.17) is 10.5 Å². The van der Waals surface area contributed by atoms with Crippen molar-refractivity contribution in [3.63, 3.8) is 0 Å². The number of nitrogens with zero attached hydrogens (tertiary/aromatic N) is 1. The maximum Gasteiger partial charge on any atom is 0.410 e. The number of carbonyl (C=O) groups is 1. The van der Waals surface area contributed by atoms with Gasteiger partial charge < -0.3 is 15.4 Å². The molecule has 4 heteroatoms. The lowest BCUT2D eigenvalue weighted by Crippen LogP contribution is -2.50. The van der Waals surface area contributed by atoms with Gasteiger partial charge in [-0.25, -0.2) is 4.79 Å². The van der Waals surface area contributed by atoms with Gasteiger partial charge in [-0.2, -0.15) is 0 Å². The summed E-state index contributed by atoms with van der Waals surface area (Å²) in [5.74, 6) is 0.303. The van der Waals surface area contributed by atoms with Gasteiger partial charge in [0.25, 0.3) is 0 Å². The summed E-state index contributed by atoms with van der Waals surface area (Å²) in [7, 11) is 0. The summed E-state index contributed by atoms with van der Waals surface area (Å²) in [4.78, 5) is 13.9. The van der Waals surface area contributed by atoms with E-state index in [1.54, 1.807) is 4.90 Å². The first-order valence-corrected chi connectivity index (χ1v) is 7.97. The second-order valence-corrected chi connectivity index (χ2v) is 7.41. The predicted octanol–water partition coefficient (Wildman–Crippen LogP) is 3.36. The van der Waals surface area contributed by atoms with Crippen LogP contribution in [0.15, 0.2) is 18.2 Å². The van der Waals surface area contributed by atoms with Gasteiger partial charge in [-0.05, 0) is 46.6 Å². The van der Waals surface area contributed by atoms with Gasteiger partial charge in [-0.15, -0.1) is 0 Å². The van der Waals surface area contributed by atoms with Gasteiger partial charge in [0.15, 0.2) is 0 Å². The van der Waals surface area contributed by atoms with Crippen LogP contribution in [0.2, 0.25) is 0 Å². The second-order valence-electron chi connectivity index (χ2n) is 7.41. The zero-order valence-corrected chi connectivity index (χ0v) is 14.3. The molecular formula is C18H28N2O2. The molecule has 0 bridgehead atoms. The first-order valence-electron chi connectivity index (χ1n) is 7.97. The Labute approximate surface area is 133 Å². The second kappa shape index (κ2) is 6.29. The van der Waals surface area contributed by atoms with Crippen molar-refractivity contribution in [1.82, 2.24) is 4.90 Å². The molecule has 0 aliphatic carbocycles. The van der Waals surface area contributed by atoms with E-state index in [1.807, 2.05) is 20.8 Å². The number of hydrogen-bond donors (Lipinski definition) is 1. The average Bonchev–Trinajstić information content (AvgIpc) is 2.35. The molecule has 2 atom stereocenters. The molecule has 0 radical (unpaired) electrons. The third-order valence-electron chi connectivity index (χ3n) is 3.98. The third kappa shape index (κ3) is 4.23. The van der Waals surface area contributed by atoms with Gasteiger partial charge in [0.1, 0.15) is 5.60 Å². The Morgan fingerprint density at radius 2 is 1.82 bits per heavy atom. The van der Waals surface area contributed by atoms with Crippen LogP contribution in [0, 0.1) is 13.8 Å². The maximum absolute atomic E-state index is 12.2. The molecule has 1 fully saturated rings. The number of likely N-dealkylation sites (tertiary alicyclic amines) is 1. The monoisotopic (exact) mass is 304 g/mol. The molecule has 4 nitrogen and oxygen atoms in total. The number of benzene rings is 1. The summed E-state index contributed by atoms with van der Waals surface area (Å²) in [6, 6.07) is 6.54. The molecule has 1 amide bonds. The zero-order valence-electron chi connectivity index (χ0n) is 14.3. The number of aryl methyl sites for hydroxylation is 2. The van der Waals surface area contributed by atoms with Crippen LogP contribution in [0.1, 0.15) is 49.8 Å². The molecule has 122 valence electrons. The highest BCUT2D eigenvalue weighted by molar-refractivity contribution is 5.68. The standard InChI is InChI=1S/C18H28N2O2/c1-12-8-13(2)10-14(9-12)15-6-7-20(11-16(15)19)17(21)22-18(3,4)5/h8-10,15-16H,6-7,11,19H2,1-5H3/t15-,16+/m0/s1. The zero-order chi connectivity index (χ0) is 16.5. The van der Waals surface area contributed by atoms with Gasteiger partial charge in [0.2, 0.25) is 0 Å². The largest absolute Gasteiger partial charge is 0.444 e. The molecule has 1 aliphatic rings. The van der Waals surface area contributed by atoms with E-state index in [-0.39, 0.29) is 12.1 Å². The van der Waals surface area contributed by atoms with Crippen molar-refractivity contribution >= 4 is 6.09 Å². The normalized spacial score (nSPS) is 22.5. The molecule has 2 rings (SSSR count). The van der Waals surface area contributed by atoms with Crippen LogP contribution < -0.4 is 5.73 Å². The van der Waals surface area contributed by atoms with E-state index in [2.05, 4.69) is 32.0 Å². The lowest BCUT2D eigenvalue weighted by molar-refractivity contribution is 0.0186. The number of carbonyl (C=O) groups excluding carboxylic acids is 1. The lowest BCUT2D eigenvalue weighted by Gasteiger charge is -2.37. The quantitative estimate of drug-likeness (QED) is 0.865. The van der Waals surface area contributed by atoms with Crippen molar-refractivity contribution in [2.24, 2.45) is 5.73 Å². The third-order valence-corrected chi connectivity index (χ3v) is 3.98. The summed E-state index contributed by atoms with van der Waals surface area (Å²) in [5.41, 5.74) is 9.69. The predicted molar refractivity (Wildman–Crippen MR) is 89.1 cm³/mol. The van der Waals surface area contributed by atoms with Crippen LogP contribution in [0.4, 0.5) is 4.79 Å². The lowest BCUT2D eigenvalue weighted by atomic mass is 9.84. The molecular weight excluding hydrogens is 276 g/mol. The van der Waals surface area contributed by atoms with E-state index in [9.17, 15) is 4.79 Å². The van der Waals surface area contributed by atoms with Crippen molar-refractivity contribution in [3.05, 3.63) is 34.9 Å². The Bertz CT molecular complexity index is 528. The van der Waals surface area contributed by atoms with Crippen molar-refractivity contribution in [1.29, 1.82) is 0 Å². The van der Waals surface area contributed by atoms with E-state index < -0.39 is 5.60 Å². The smallest absolute Gasteiger partial charge is 0.410 e. The Kier molecular flexibility index (Phi) is 4.81. The minimum absolute atomic E-state index is 0.0533. The minimum atomic E-state index is -0.467. The molecule has 2 N–H and O–H groups in total. The molecule has 1 aromatic carbocycles. The van der Waals surface area contributed by atoms with Crippen molar-refractivity contribution in [2.45, 2.75) is 58.6 Å². The number of amides is 1.